The summed E-state index contributed by atoms with van der Waals surface area (Å²) in [6.07, 6.45) is 3.32. The van der Waals surface area contributed by atoms with Crippen LogP contribution in [0.2, 0.25) is 0 Å². The van der Waals surface area contributed by atoms with Gasteiger partial charge in [-0.1, -0.05) is 40.0 Å². The molecule has 0 spiro atoms. The molecule has 0 fully saturated rings. The molecule has 0 aliphatic rings. The van der Waals surface area contributed by atoms with Crippen molar-refractivity contribution in [2.45, 2.75) is 12.5 Å². The number of fused-ring (bicyclic) bond motifs is 1. The van der Waals surface area contributed by atoms with Gasteiger partial charge in [-0.15, -0.1) is 5.92 Å². The van der Waals surface area contributed by atoms with Crippen molar-refractivity contribution in [3.63, 3.8) is 0 Å². The number of rotatable bonds is 5. The largest absolute Gasteiger partial charge is 0.481 e. The number of hydrogen-bond donors (Lipinski definition) is 1. The van der Waals surface area contributed by atoms with Crippen LogP contribution in [-0.2, 0) is 5.60 Å². The summed E-state index contributed by atoms with van der Waals surface area (Å²) < 4.78 is 12.7. The number of hydrogen-bond acceptors (Lipinski definition) is 4. The highest BCUT2D eigenvalue weighted by Gasteiger charge is 2.37. The number of benzene rings is 2. The Kier molecular flexibility index (Phi) is 5.39. The Balaban J connectivity index is 1.83. The Morgan fingerprint density at radius 3 is 2.66 bits per heavy atom. The van der Waals surface area contributed by atoms with E-state index in [-0.39, 0.29) is 0 Å². The van der Waals surface area contributed by atoms with E-state index in [4.69, 9.17) is 9.15 Å². The molecule has 0 bridgehead atoms. The molecule has 0 saturated heterocycles. The first-order valence-electron chi connectivity index (χ1n) is 9.06. The summed E-state index contributed by atoms with van der Waals surface area (Å²) in [6.45, 7) is 2.08. The van der Waals surface area contributed by atoms with Gasteiger partial charge < -0.3 is 14.3 Å². The highest BCUT2D eigenvalue weighted by atomic mass is 79.9. The molecule has 2 heterocycles. The predicted molar refractivity (Wildman–Crippen MR) is 116 cm³/mol. The average molecular weight is 448 g/mol. The number of furan rings is 1. The van der Waals surface area contributed by atoms with Crippen LogP contribution in [0.3, 0.4) is 0 Å². The predicted octanol–water partition coefficient (Wildman–Crippen LogP) is 5.28. The Morgan fingerprint density at radius 1 is 1.10 bits per heavy atom. The number of aliphatic hydroxyl groups is 1. The van der Waals surface area contributed by atoms with Crippen LogP contribution in [0.25, 0.3) is 11.0 Å². The van der Waals surface area contributed by atoms with Crippen LogP contribution in [0, 0.1) is 11.8 Å². The molecule has 1 unspecified atom stereocenters. The minimum Gasteiger partial charge on any atom is -0.481 e. The summed E-state index contributed by atoms with van der Waals surface area (Å²) in [5.74, 6) is 6.74. The fraction of sp³-hybridized carbons (Fsp3) is 0.125. The van der Waals surface area contributed by atoms with Gasteiger partial charge in [-0.3, -0.25) is 4.98 Å². The first kappa shape index (κ1) is 19.3. The monoisotopic (exact) mass is 447 g/mol. The zero-order chi connectivity index (χ0) is 20.3. The second kappa shape index (κ2) is 8.12. The van der Waals surface area contributed by atoms with Gasteiger partial charge in [0.1, 0.15) is 23.7 Å². The fourth-order valence-corrected chi connectivity index (χ4v) is 3.45. The van der Waals surface area contributed by atoms with Gasteiger partial charge in [0.15, 0.2) is 5.60 Å². The molecule has 144 valence electrons. The highest BCUT2D eigenvalue weighted by Crippen LogP contribution is 2.39. The molecule has 5 heteroatoms. The quantitative estimate of drug-likeness (QED) is 0.423. The van der Waals surface area contributed by atoms with Crippen LogP contribution in [0.4, 0.5) is 0 Å². The standard InChI is InChI=1S/C24H18BrNO3/c1-2-3-13-28-21-11-6-17-14-23(29-22(17)15-21)24(27,19-5-4-12-26-16-19)18-7-9-20(25)10-8-18/h4-12,14-16,27H,13H2,1H3. The minimum absolute atomic E-state index is 0.314. The number of ether oxygens (including phenoxy) is 1. The van der Waals surface area contributed by atoms with Crippen molar-refractivity contribution in [3.05, 3.63) is 94.4 Å². The summed E-state index contributed by atoms with van der Waals surface area (Å²) in [5.41, 5.74) is 0.447. The second-order valence-electron chi connectivity index (χ2n) is 6.48. The smallest absolute Gasteiger partial charge is 0.174 e. The lowest BCUT2D eigenvalue weighted by atomic mass is 9.85. The van der Waals surface area contributed by atoms with E-state index in [0.717, 1.165) is 9.86 Å². The van der Waals surface area contributed by atoms with Crippen LogP contribution in [-0.4, -0.2) is 16.7 Å². The van der Waals surface area contributed by atoms with Gasteiger partial charge in [-0.2, -0.15) is 0 Å². The van der Waals surface area contributed by atoms with Gasteiger partial charge >= 0.3 is 0 Å². The Hall–Kier alpha value is -3.07. The molecule has 29 heavy (non-hydrogen) atoms. The van der Waals surface area contributed by atoms with Crippen molar-refractivity contribution in [2.24, 2.45) is 0 Å². The number of pyridine rings is 1. The third-order valence-electron chi connectivity index (χ3n) is 4.68. The van der Waals surface area contributed by atoms with Gasteiger partial charge in [-0.25, -0.2) is 0 Å². The van der Waals surface area contributed by atoms with E-state index < -0.39 is 5.60 Å². The van der Waals surface area contributed by atoms with Crippen LogP contribution in [0.15, 0.2) is 81.9 Å². The van der Waals surface area contributed by atoms with E-state index in [1.54, 1.807) is 31.5 Å². The molecular weight excluding hydrogens is 430 g/mol. The van der Waals surface area contributed by atoms with Gasteiger partial charge in [-0.05, 0) is 48.9 Å². The van der Waals surface area contributed by atoms with E-state index in [2.05, 4.69) is 32.8 Å². The normalized spacial score (nSPS) is 12.8. The number of aromatic nitrogens is 1. The summed E-state index contributed by atoms with van der Waals surface area (Å²) in [6, 6.07) is 18.6. The number of halogens is 1. The molecule has 1 atom stereocenters. The first-order chi connectivity index (χ1) is 14.1. The van der Waals surface area contributed by atoms with E-state index in [1.165, 1.54) is 0 Å². The summed E-state index contributed by atoms with van der Waals surface area (Å²) in [7, 11) is 0. The first-order valence-corrected chi connectivity index (χ1v) is 9.86. The molecule has 4 nitrogen and oxygen atoms in total. The lowest BCUT2D eigenvalue weighted by Gasteiger charge is -2.27. The van der Waals surface area contributed by atoms with Gasteiger partial charge in [0.05, 0.1) is 0 Å². The lowest BCUT2D eigenvalue weighted by Crippen LogP contribution is -2.28. The number of nitrogens with zero attached hydrogens (tertiary/aromatic N) is 1. The minimum atomic E-state index is -1.48. The third kappa shape index (κ3) is 3.77. The fourth-order valence-electron chi connectivity index (χ4n) is 3.19. The van der Waals surface area contributed by atoms with Gasteiger partial charge in [0.2, 0.25) is 0 Å². The van der Waals surface area contributed by atoms with E-state index in [1.807, 2.05) is 48.5 Å². The van der Waals surface area contributed by atoms with Gasteiger partial charge in [0, 0.05) is 33.9 Å². The summed E-state index contributed by atoms with van der Waals surface area (Å²) in [5, 5.41) is 12.7. The SMILES string of the molecule is CC#CCOc1ccc2cc(C(O)(c3ccc(Br)cc3)c3cccnc3)oc2c1. The van der Waals surface area contributed by atoms with E-state index in [9.17, 15) is 5.11 Å². The van der Waals surface area contributed by atoms with Crippen LogP contribution >= 0.6 is 15.9 Å². The van der Waals surface area contributed by atoms with Crippen molar-refractivity contribution < 1.29 is 14.3 Å². The molecule has 4 rings (SSSR count). The van der Waals surface area contributed by atoms with Crippen molar-refractivity contribution in [3.8, 4) is 17.6 Å². The molecule has 0 aliphatic heterocycles. The molecule has 0 radical (unpaired) electrons. The molecule has 4 aromatic rings. The molecule has 1 N–H and O–H groups in total. The zero-order valence-corrected chi connectivity index (χ0v) is 17.3. The Bertz CT molecular complexity index is 1190. The molecule has 0 aliphatic carbocycles. The maximum atomic E-state index is 11.9. The Labute approximate surface area is 177 Å². The zero-order valence-electron chi connectivity index (χ0n) is 15.7. The van der Waals surface area contributed by atoms with Crippen LogP contribution in [0.1, 0.15) is 23.8 Å². The van der Waals surface area contributed by atoms with Crippen molar-refractivity contribution in [1.82, 2.24) is 4.98 Å². The Morgan fingerprint density at radius 2 is 1.93 bits per heavy atom. The van der Waals surface area contributed by atoms with Crippen molar-refractivity contribution in [1.29, 1.82) is 0 Å². The summed E-state index contributed by atoms with van der Waals surface area (Å²) in [4.78, 5) is 4.19. The van der Waals surface area contributed by atoms with E-state index in [0.29, 0.717) is 34.8 Å². The van der Waals surface area contributed by atoms with E-state index >= 15 is 0 Å². The van der Waals surface area contributed by atoms with Crippen LogP contribution in [0.5, 0.6) is 5.75 Å². The van der Waals surface area contributed by atoms with Crippen molar-refractivity contribution in [2.75, 3.05) is 6.61 Å². The highest BCUT2D eigenvalue weighted by molar-refractivity contribution is 9.10. The molecule has 0 amide bonds. The topological polar surface area (TPSA) is 55.5 Å². The lowest BCUT2D eigenvalue weighted by molar-refractivity contribution is 0.101. The maximum absolute atomic E-state index is 11.9. The third-order valence-corrected chi connectivity index (χ3v) is 5.21. The second-order valence-corrected chi connectivity index (χ2v) is 7.40. The molecule has 0 saturated carbocycles. The van der Waals surface area contributed by atoms with Crippen molar-refractivity contribution >= 4 is 26.9 Å². The molecule has 2 aromatic carbocycles. The molecule has 2 aromatic heterocycles. The summed E-state index contributed by atoms with van der Waals surface area (Å²) >= 11 is 3.45. The average Bonchev–Trinajstić information content (AvgIpc) is 3.18. The maximum Gasteiger partial charge on any atom is 0.174 e. The molecular formula is C24H18BrNO3. The van der Waals surface area contributed by atoms with Gasteiger partial charge in [0.25, 0.3) is 0 Å². The van der Waals surface area contributed by atoms with Crippen LogP contribution < -0.4 is 4.74 Å².